The third kappa shape index (κ3) is 2.78. The first-order valence-electron chi connectivity index (χ1n) is 6.75. The molecular formula is C15H24N2O. The molecule has 2 rings (SSSR count). The van der Waals surface area contributed by atoms with Gasteiger partial charge in [-0.1, -0.05) is 6.92 Å². The number of rotatable bonds is 5. The zero-order valence-corrected chi connectivity index (χ0v) is 11.7. The van der Waals surface area contributed by atoms with E-state index in [9.17, 15) is 0 Å². The molecule has 1 aromatic rings. The quantitative estimate of drug-likeness (QED) is 0.866. The van der Waals surface area contributed by atoms with Gasteiger partial charge in [0, 0.05) is 31.2 Å². The predicted molar refractivity (Wildman–Crippen MR) is 76.5 cm³/mol. The number of benzene rings is 1. The van der Waals surface area contributed by atoms with Gasteiger partial charge in [-0.3, -0.25) is 0 Å². The molecule has 1 unspecified atom stereocenters. The second-order valence-electron chi connectivity index (χ2n) is 5.33. The van der Waals surface area contributed by atoms with Crippen LogP contribution in [0.5, 0.6) is 5.75 Å². The van der Waals surface area contributed by atoms with Crippen LogP contribution in [-0.4, -0.2) is 33.8 Å². The van der Waals surface area contributed by atoms with Crippen LogP contribution in [0.25, 0.3) is 0 Å². The van der Waals surface area contributed by atoms with Crippen LogP contribution >= 0.6 is 0 Å². The molecule has 1 heterocycles. The van der Waals surface area contributed by atoms with E-state index >= 15 is 0 Å². The number of anilines is 1. The summed E-state index contributed by atoms with van der Waals surface area (Å²) >= 11 is 0. The summed E-state index contributed by atoms with van der Waals surface area (Å²) in [4.78, 5) is 2.36. The van der Waals surface area contributed by atoms with Gasteiger partial charge in [-0.15, -0.1) is 0 Å². The lowest BCUT2D eigenvalue weighted by molar-refractivity contribution is 0.317. The van der Waals surface area contributed by atoms with E-state index in [1.165, 1.54) is 18.5 Å². The lowest BCUT2D eigenvalue weighted by Gasteiger charge is -2.33. The van der Waals surface area contributed by atoms with Crippen molar-refractivity contribution in [2.24, 2.45) is 5.41 Å². The van der Waals surface area contributed by atoms with Crippen LogP contribution in [-0.2, 0) is 0 Å². The van der Waals surface area contributed by atoms with Gasteiger partial charge in [0.2, 0.25) is 0 Å². The summed E-state index contributed by atoms with van der Waals surface area (Å²) in [6, 6.07) is 8.31. The van der Waals surface area contributed by atoms with Gasteiger partial charge in [-0.2, -0.15) is 0 Å². The van der Waals surface area contributed by atoms with E-state index < -0.39 is 0 Å². The van der Waals surface area contributed by atoms with Crippen LogP contribution in [0.15, 0.2) is 24.3 Å². The van der Waals surface area contributed by atoms with Crippen LogP contribution in [0.3, 0.4) is 0 Å². The third-order valence-electron chi connectivity index (χ3n) is 4.17. The number of nitrogens with zero attached hydrogens (tertiary/aromatic N) is 1. The molecule has 1 aliphatic rings. The Labute approximate surface area is 110 Å². The number of ether oxygens (including phenoxy) is 1. The van der Waals surface area contributed by atoms with Crippen molar-refractivity contribution < 1.29 is 4.74 Å². The summed E-state index contributed by atoms with van der Waals surface area (Å²) in [6.45, 7) is 5.71. The van der Waals surface area contributed by atoms with Crippen molar-refractivity contribution in [1.82, 2.24) is 5.32 Å². The van der Waals surface area contributed by atoms with E-state index in [2.05, 4.69) is 36.3 Å². The topological polar surface area (TPSA) is 24.5 Å². The molecule has 0 bridgehead atoms. The number of nitrogens with one attached hydrogen (secondary N) is 1. The van der Waals surface area contributed by atoms with Gasteiger partial charge in [0.05, 0.1) is 7.11 Å². The molecule has 0 radical (unpaired) electrons. The highest BCUT2D eigenvalue weighted by molar-refractivity contribution is 5.48. The Balaban J connectivity index is 2.03. The first-order chi connectivity index (χ1) is 8.69. The Bertz CT molecular complexity index is 369. The maximum atomic E-state index is 5.19. The SMILES string of the molecule is CCC1(CN(C)c2ccc(OC)cc2)CCNC1. The van der Waals surface area contributed by atoms with Crippen molar-refractivity contribution in [2.45, 2.75) is 19.8 Å². The second-order valence-corrected chi connectivity index (χ2v) is 5.33. The van der Waals surface area contributed by atoms with Gasteiger partial charge < -0.3 is 15.0 Å². The Morgan fingerprint density at radius 3 is 2.56 bits per heavy atom. The highest BCUT2D eigenvalue weighted by Crippen LogP contribution is 2.31. The van der Waals surface area contributed by atoms with Gasteiger partial charge in [-0.05, 0) is 43.7 Å². The lowest BCUT2D eigenvalue weighted by atomic mass is 9.84. The Hall–Kier alpha value is -1.22. The molecule has 1 aromatic carbocycles. The summed E-state index contributed by atoms with van der Waals surface area (Å²) in [7, 11) is 3.88. The van der Waals surface area contributed by atoms with Crippen LogP contribution in [0.2, 0.25) is 0 Å². The highest BCUT2D eigenvalue weighted by atomic mass is 16.5. The Morgan fingerprint density at radius 1 is 1.33 bits per heavy atom. The fourth-order valence-corrected chi connectivity index (χ4v) is 2.78. The van der Waals surface area contributed by atoms with E-state index in [1.54, 1.807) is 7.11 Å². The molecule has 18 heavy (non-hydrogen) atoms. The molecule has 0 aliphatic carbocycles. The van der Waals surface area contributed by atoms with E-state index in [0.717, 1.165) is 25.4 Å². The second kappa shape index (κ2) is 5.61. The molecule has 1 saturated heterocycles. The van der Waals surface area contributed by atoms with Crippen LogP contribution in [0, 0.1) is 5.41 Å². The molecule has 1 atom stereocenters. The summed E-state index contributed by atoms with van der Waals surface area (Å²) in [6.07, 6.45) is 2.52. The molecule has 100 valence electrons. The maximum absolute atomic E-state index is 5.19. The molecule has 1 N–H and O–H groups in total. The van der Waals surface area contributed by atoms with Crippen LogP contribution < -0.4 is 15.0 Å². The Morgan fingerprint density at radius 2 is 2.06 bits per heavy atom. The molecule has 3 nitrogen and oxygen atoms in total. The van der Waals surface area contributed by atoms with Crippen LogP contribution in [0.1, 0.15) is 19.8 Å². The molecule has 1 fully saturated rings. The van der Waals surface area contributed by atoms with Crippen molar-refractivity contribution in [3.05, 3.63) is 24.3 Å². The first-order valence-corrected chi connectivity index (χ1v) is 6.75. The van der Waals surface area contributed by atoms with Crippen molar-refractivity contribution in [2.75, 3.05) is 38.7 Å². The summed E-state index contributed by atoms with van der Waals surface area (Å²) < 4.78 is 5.19. The van der Waals surface area contributed by atoms with Crippen molar-refractivity contribution >= 4 is 5.69 Å². The average molecular weight is 248 g/mol. The number of hydrogen-bond donors (Lipinski definition) is 1. The van der Waals surface area contributed by atoms with Gasteiger partial charge in [0.1, 0.15) is 5.75 Å². The monoisotopic (exact) mass is 248 g/mol. The van der Waals surface area contributed by atoms with Gasteiger partial charge in [-0.25, -0.2) is 0 Å². The van der Waals surface area contributed by atoms with E-state index in [4.69, 9.17) is 4.74 Å². The third-order valence-corrected chi connectivity index (χ3v) is 4.17. The van der Waals surface area contributed by atoms with Gasteiger partial charge in [0.15, 0.2) is 0 Å². The largest absolute Gasteiger partial charge is 0.497 e. The minimum atomic E-state index is 0.439. The molecular weight excluding hydrogens is 224 g/mol. The standard InChI is InChI=1S/C15H24N2O/c1-4-15(9-10-16-11-15)12-17(2)13-5-7-14(18-3)8-6-13/h5-8,16H,4,9-12H2,1-3H3. The normalized spacial score (nSPS) is 23.1. The maximum Gasteiger partial charge on any atom is 0.119 e. The predicted octanol–water partition coefficient (Wildman–Crippen LogP) is 2.52. The molecule has 0 saturated carbocycles. The fourth-order valence-electron chi connectivity index (χ4n) is 2.78. The first kappa shape index (κ1) is 13.2. The average Bonchev–Trinajstić information content (AvgIpc) is 2.88. The van der Waals surface area contributed by atoms with E-state index in [0.29, 0.717) is 5.41 Å². The minimum absolute atomic E-state index is 0.439. The molecule has 0 spiro atoms. The van der Waals surface area contributed by atoms with Gasteiger partial charge >= 0.3 is 0 Å². The molecule has 0 amide bonds. The molecule has 0 aromatic heterocycles. The minimum Gasteiger partial charge on any atom is -0.497 e. The Kier molecular flexibility index (Phi) is 4.12. The molecule has 1 aliphatic heterocycles. The smallest absolute Gasteiger partial charge is 0.119 e. The number of methoxy groups -OCH3 is 1. The van der Waals surface area contributed by atoms with E-state index in [1.807, 2.05) is 12.1 Å². The highest BCUT2D eigenvalue weighted by Gasteiger charge is 2.33. The van der Waals surface area contributed by atoms with Crippen LogP contribution in [0.4, 0.5) is 5.69 Å². The van der Waals surface area contributed by atoms with E-state index in [-0.39, 0.29) is 0 Å². The number of hydrogen-bond acceptors (Lipinski definition) is 3. The zero-order valence-electron chi connectivity index (χ0n) is 11.7. The van der Waals surface area contributed by atoms with Gasteiger partial charge in [0.25, 0.3) is 0 Å². The summed E-state index contributed by atoms with van der Waals surface area (Å²) in [5.41, 5.74) is 1.70. The zero-order chi connectivity index (χ0) is 13.0. The lowest BCUT2D eigenvalue weighted by Crippen LogP contribution is -2.37. The summed E-state index contributed by atoms with van der Waals surface area (Å²) in [5, 5.41) is 3.49. The van der Waals surface area contributed by atoms with Crippen molar-refractivity contribution in [1.29, 1.82) is 0 Å². The molecule has 3 heteroatoms. The fraction of sp³-hybridized carbons (Fsp3) is 0.600. The van der Waals surface area contributed by atoms with Crippen molar-refractivity contribution in [3.8, 4) is 5.75 Å². The van der Waals surface area contributed by atoms with Crippen molar-refractivity contribution in [3.63, 3.8) is 0 Å². The summed E-state index contributed by atoms with van der Waals surface area (Å²) in [5.74, 6) is 0.917.